The molecule has 0 aliphatic heterocycles. The molecule has 1 radical (unpaired) electrons. The highest BCUT2D eigenvalue weighted by Crippen LogP contribution is 2.03. The van der Waals surface area contributed by atoms with E-state index in [-0.39, 0.29) is 0 Å². The van der Waals surface area contributed by atoms with Gasteiger partial charge in [-0.1, -0.05) is 31.9 Å². The van der Waals surface area contributed by atoms with Crippen molar-refractivity contribution in [2.24, 2.45) is 0 Å². The summed E-state index contributed by atoms with van der Waals surface area (Å²) in [5.74, 6) is 0. The maximum Gasteiger partial charge on any atom is 0.0937 e. The van der Waals surface area contributed by atoms with Crippen molar-refractivity contribution >= 4 is 0 Å². The topological polar surface area (TPSA) is 13.1 Å². The van der Waals surface area contributed by atoms with Gasteiger partial charge >= 0.3 is 0 Å². The zero-order chi connectivity index (χ0) is 9.36. The lowest BCUT2D eigenvalue weighted by Crippen LogP contribution is -1.75. The molecule has 0 bridgehead atoms. The van der Waals surface area contributed by atoms with Gasteiger partial charge < -0.3 is 4.42 Å². The van der Waals surface area contributed by atoms with Gasteiger partial charge in [-0.15, -0.1) is 0 Å². The van der Waals surface area contributed by atoms with Gasteiger partial charge in [0, 0.05) is 0 Å². The van der Waals surface area contributed by atoms with Gasteiger partial charge in [-0.05, 0) is 30.9 Å². The van der Waals surface area contributed by atoms with Gasteiger partial charge in [0.25, 0.3) is 0 Å². The lowest BCUT2D eigenvalue weighted by molar-refractivity contribution is 0.565. The Labute approximate surface area is 80.5 Å². The molecule has 1 aromatic rings. The molecule has 1 heteroatoms. The van der Waals surface area contributed by atoms with Crippen molar-refractivity contribution in [3.8, 4) is 0 Å². The molecule has 0 saturated carbocycles. The summed E-state index contributed by atoms with van der Waals surface area (Å²) in [5, 5.41) is 0. The Bertz CT molecular complexity index is 221. The molecular formula is C12H17O. The van der Waals surface area contributed by atoms with Gasteiger partial charge in [-0.25, -0.2) is 0 Å². The predicted octanol–water partition coefficient (Wildman–Crippen LogP) is 3.77. The highest BCUT2D eigenvalue weighted by Gasteiger charge is 1.88. The summed E-state index contributed by atoms with van der Waals surface area (Å²) in [6, 6.07) is 2.00. The second-order valence-corrected chi connectivity index (χ2v) is 3.14. The van der Waals surface area contributed by atoms with Crippen molar-refractivity contribution in [2.75, 3.05) is 0 Å². The van der Waals surface area contributed by atoms with Crippen molar-refractivity contribution in [3.63, 3.8) is 0 Å². The molecule has 0 atom stereocenters. The smallest absolute Gasteiger partial charge is 0.0937 e. The lowest BCUT2D eigenvalue weighted by atomic mass is 10.1. The minimum Gasteiger partial charge on any atom is -0.472 e. The third-order valence-electron chi connectivity index (χ3n) is 1.93. The Morgan fingerprint density at radius 3 is 3.08 bits per heavy atom. The lowest BCUT2D eigenvalue weighted by Gasteiger charge is -1.91. The standard InChI is InChI=1S/C12H17O/c1-2-3-4-5-6-7-8-12-9-10-13-11-12/h5-7,9-11H,2-4,8H2,1H3. The maximum absolute atomic E-state index is 4.97. The minimum absolute atomic E-state index is 0.971. The van der Waals surface area contributed by atoms with E-state index in [2.05, 4.69) is 25.5 Å². The molecule has 71 valence electrons. The first-order valence-corrected chi connectivity index (χ1v) is 4.93. The molecular weight excluding hydrogens is 160 g/mol. The molecule has 13 heavy (non-hydrogen) atoms. The van der Waals surface area contributed by atoms with E-state index < -0.39 is 0 Å². The maximum atomic E-state index is 4.97. The predicted molar refractivity (Wildman–Crippen MR) is 55.4 cm³/mol. The molecule has 0 aliphatic rings. The second-order valence-electron chi connectivity index (χ2n) is 3.14. The van der Waals surface area contributed by atoms with E-state index in [9.17, 15) is 0 Å². The first kappa shape index (κ1) is 10.1. The molecule has 1 aromatic heterocycles. The van der Waals surface area contributed by atoms with Crippen molar-refractivity contribution in [3.05, 3.63) is 42.7 Å². The third kappa shape index (κ3) is 4.56. The van der Waals surface area contributed by atoms with Crippen molar-refractivity contribution < 1.29 is 4.42 Å². The van der Waals surface area contributed by atoms with Crippen LogP contribution in [0.25, 0.3) is 0 Å². The number of hydrogen-bond acceptors (Lipinski definition) is 1. The van der Waals surface area contributed by atoms with Crippen LogP contribution in [0.3, 0.4) is 0 Å². The van der Waals surface area contributed by atoms with Gasteiger partial charge in [0.1, 0.15) is 0 Å². The number of hydrogen-bond donors (Lipinski definition) is 0. The van der Waals surface area contributed by atoms with Crippen LogP contribution in [0.2, 0.25) is 0 Å². The van der Waals surface area contributed by atoms with Gasteiger partial charge in [-0.3, -0.25) is 0 Å². The van der Waals surface area contributed by atoms with Crippen LogP contribution in [0.5, 0.6) is 0 Å². The molecule has 0 N–H and O–H groups in total. The number of rotatable bonds is 6. The molecule has 0 aromatic carbocycles. The summed E-state index contributed by atoms with van der Waals surface area (Å²) in [6.07, 6.45) is 14.8. The van der Waals surface area contributed by atoms with E-state index in [4.69, 9.17) is 4.42 Å². The zero-order valence-electron chi connectivity index (χ0n) is 8.20. The highest BCUT2D eigenvalue weighted by atomic mass is 16.3. The van der Waals surface area contributed by atoms with Crippen LogP contribution in [0.15, 0.2) is 35.2 Å². The van der Waals surface area contributed by atoms with E-state index in [0.717, 1.165) is 6.42 Å². The zero-order valence-corrected chi connectivity index (χ0v) is 8.20. The van der Waals surface area contributed by atoms with Crippen LogP contribution in [-0.2, 0) is 6.42 Å². The van der Waals surface area contributed by atoms with Crippen LogP contribution in [-0.4, -0.2) is 0 Å². The van der Waals surface area contributed by atoms with E-state index in [0.29, 0.717) is 0 Å². The van der Waals surface area contributed by atoms with E-state index in [1.807, 2.05) is 6.07 Å². The van der Waals surface area contributed by atoms with Crippen LogP contribution in [0.1, 0.15) is 31.7 Å². The second kappa shape index (κ2) is 6.53. The first-order chi connectivity index (χ1) is 6.43. The van der Waals surface area contributed by atoms with Crippen LogP contribution < -0.4 is 0 Å². The minimum atomic E-state index is 0.971. The van der Waals surface area contributed by atoms with E-state index in [1.54, 1.807) is 12.5 Å². The summed E-state index contributed by atoms with van der Waals surface area (Å²) >= 11 is 0. The van der Waals surface area contributed by atoms with Gasteiger partial charge in [0.2, 0.25) is 0 Å². The molecule has 0 unspecified atom stereocenters. The molecule has 0 fully saturated rings. The molecule has 0 spiro atoms. The Morgan fingerprint density at radius 1 is 1.46 bits per heavy atom. The quantitative estimate of drug-likeness (QED) is 0.603. The molecule has 0 saturated heterocycles. The van der Waals surface area contributed by atoms with E-state index in [1.165, 1.54) is 24.8 Å². The van der Waals surface area contributed by atoms with Crippen LogP contribution in [0.4, 0.5) is 0 Å². The van der Waals surface area contributed by atoms with Crippen molar-refractivity contribution in [2.45, 2.75) is 32.6 Å². The van der Waals surface area contributed by atoms with Gasteiger partial charge in [0.15, 0.2) is 0 Å². The van der Waals surface area contributed by atoms with Gasteiger partial charge in [-0.2, -0.15) is 0 Å². The summed E-state index contributed by atoms with van der Waals surface area (Å²) in [4.78, 5) is 0. The fourth-order valence-corrected chi connectivity index (χ4v) is 1.13. The molecule has 1 heterocycles. The Hall–Kier alpha value is -0.980. The fraction of sp³-hybridized carbons (Fsp3) is 0.417. The first-order valence-electron chi connectivity index (χ1n) is 4.93. The van der Waals surface area contributed by atoms with Crippen LogP contribution in [0, 0.1) is 6.42 Å². The molecule has 0 amide bonds. The van der Waals surface area contributed by atoms with Crippen molar-refractivity contribution in [1.29, 1.82) is 0 Å². The normalized spacial score (nSPS) is 11.2. The van der Waals surface area contributed by atoms with Gasteiger partial charge in [0.05, 0.1) is 12.5 Å². The molecule has 1 rings (SSSR count). The fourth-order valence-electron chi connectivity index (χ4n) is 1.13. The van der Waals surface area contributed by atoms with E-state index >= 15 is 0 Å². The Kier molecular flexibility index (Phi) is 5.07. The number of unbranched alkanes of at least 4 members (excludes halogenated alkanes) is 3. The Balaban J connectivity index is 2.05. The summed E-state index contributed by atoms with van der Waals surface area (Å²) in [7, 11) is 0. The SMILES string of the molecule is CCCC[CH]C=CCc1ccoc1. The summed E-state index contributed by atoms with van der Waals surface area (Å²) in [5.41, 5.74) is 1.24. The monoisotopic (exact) mass is 177 g/mol. The number of furan rings is 1. The highest BCUT2D eigenvalue weighted by molar-refractivity contribution is 5.11. The largest absolute Gasteiger partial charge is 0.472 e. The van der Waals surface area contributed by atoms with Crippen molar-refractivity contribution in [1.82, 2.24) is 0 Å². The summed E-state index contributed by atoms with van der Waals surface area (Å²) < 4.78 is 4.97. The average Bonchev–Trinajstić information content (AvgIpc) is 2.63. The average molecular weight is 177 g/mol. The van der Waals surface area contributed by atoms with Crippen LogP contribution >= 0.6 is 0 Å². The summed E-state index contributed by atoms with van der Waals surface area (Å²) in [6.45, 7) is 2.21. The Morgan fingerprint density at radius 2 is 2.38 bits per heavy atom. The number of allylic oxidation sites excluding steroid dienone is 2. The third-order valence-corrected chi connectivity index (χ3v) is 1.93. The molecule has 0 aliphatic carbocycles. The molecule has 1 nitrogen and oxygen atoms in total.